The van der Waals surface area contributed by atoms with Crippen molar-refractivity contribution >= 4 is 10.9 Å². The number of nitrogens with zero attached hydrogens (tertiary/aromatic N) is 5. The van der Waals surface area contributed by atoms with Gasteiger partial charge in [-0.05, 0) is 59.5 Å². The molecule has 10 heteroatoms. The molecule has 3 heterocycles. The van der Waals surface area contributed by atoms with Gasteiger partial charge < -0.3 is 19.2 Å². The molecule has 2 aliphatic rings. The van der Waals surface area contributed by atoms with Crippen LogP contribution in [0, 0.1) is 0 Å². The summed E-state index contributed by atoms with van der Waals surface area (Å²) in [6.45, 7) is 4.26. The quantitative estimate of drug-likeness (QED) is 0.343. The Balaban J connectivity index is 1.32. The van der Waals surface area contributed by atoms with Gasteiger partial charge in [0.25, 0.3) is 5.56 Å². The lowest BCUT2D eigenvalue weighted by Crippen LogP contribution is -2.39. The van der Waals surface area contributed by atoms with Gasteiger partial charge in [-0.15, -0.1) is 5.10 Å². The van der Waals surface area contributed by atoms with Crippen LogP contribution >= 0.6 is 0 Å². The lowest BCUT2D eigenvalue weighted by molar-refractivity contribution is 0.112. The first-order chi connectivity index (χ1) is 19.1. The zero-order valence-corrected chi connectivity index (χ0v) is 22.4. The number of aromatic nitrogens is 5. The summed E-state index contributed by atoms with van der Waals surface area (Å²) in [5.74, 6) is 3.01. The van der Waals surface area contributed by atoms with Crippen LogP contribution in [0.4, 0.5) is 0 Å². The Labute approximate surface area is 226 Å². The molecule has 2 aromatic heterocycles. The third-order valence-corrected chi connectivity index (χ3v) is 7.87. The highest BCUT2D eigenvalue weighted by molar-refractivity contribution is 5.83. The average Bonchev–Trinajstić information content (AvgIpc) is 3.66. The number of pyridine rings is 1. The van der Waals surface area contributed by atoms with Gasteiger partial charge in [-0.25, -0.2) is 4.68 Å². The van der Waals surface area contributed by atoms with E-state index in [0.29, 0.717) is 43.8 Å². The predicted octanol–water partition coefficient (Wildman–Crippen LogP) is 4.24. The number of benzene rings is 2. The van der Waals surface area contributed by atoms with Crippen molar-refractivity contribution in [2.75, 3.05) is 20.3 Å². The van der Waals surface area contributed by atoms with E-state index >= 15 is 0 Å². The van der Waals surface area contributed by atoms with Crippen LogP contribution in [0.1, 0.15) is 62.0 Å². The molecular formula is C29H34N6O4. The lowest BCUT2D eigenvalue weighted by atomic mass is 10.0. The van der Waals surface area contributed by atoms with Crippen molar-refractivity contribution in [2.24, 2.45) is 0 Å². The first kappa shape index (κ1) is 25.4. The Bertz CT molecular complexity index is 1490. The molecule has 0 saturated heterocycles. The van der Waals surface area contributed by atoms with Gasteiger partial charge in [0.15, 0.2) is 17.3 Å². The molecule has 1 aliphatic carbocycles. The molecule has 0 amide bonds. The summed E-state index contributed by atoms with van der Waals surface area (Å²) in [4.78, 5) is 18.8. The highest BCUT2D eigenvalue weighted by atomic mass is 16.6. The van der Waals surface area contributed by atoms with Crippen LogP contribution in [-0.4, -0.2) is 56.5 Å². The van der Waals surface area contributed by atoms with Crippen LogP contribution in [0.15, 0.2) is 47.3 Å². The molecule has 0 bridgehead atoms. The second kappa shape index (κ2) is 11.1. The number of rotatable bonds is 9. The lowest BCUT2D eigenvalue weighted by Gasteiger charge is -2.35. The minimum atomic E-state index is -0.0881. The van der Waals surface area contributed by atoms with E-state index in [0.717, 1.165) is 52.9 Å². The third-order valence-electron chi connectivity index (χ3n) is 7.87. The number of hydrogen-bond donors (Lipinski definition) is 1. The van der Waals surface area contributed by atoms with Crippen LogP contribution in [0.2, 0.25) is 0 Å². The van der Waals surface area contributed by atoms with Crippen molar-refractivity contribution in [3.63, 3.8) is 0 Å². The van der Waals surface area contributed by atoms with E-state index in [1.54, 1.807) is 7.11 Å². The van der Waals surface area contributed by atoms with Crippen molar-refractivity contribution in [3.8, 4) is 17.2 Å². The molecule has 6 rings (SSSR count). The molecule has 39 heavy (non-hydrogen) atoms. The van der Waals surface area contributed by atoms with Gasteiger partial charge in [0.1, 0.15) is 19.0 Å². The van der Waals surface area contributed by atoms with Gasteiger partial charge in [-0.1, -0.05) is 31.9 Å². The summed E-state index contributed by atoms with van der Waals surface area (Å²) in [5.41, 5.74) is 2.47. The highest BCUT2D eigenvalue weighted by Crippen LogP contribution is 2.36. The van der Waals surface area contributed by atoms with Crippen molar-refractivity contribution in [1.29, 1.82) is 0 Å². The summed E-state index contributed by atoms with van der Waals surface area (Å²) >= 11 is 0. The average molecular weight is 531 g/mol. The molecule has 1 fully saturated rings. The van der Waals surface area contributed by atoms with Crippen LogP contribution < -0.4 is 19.8 Å². The number of ether oxygens (including phenoxy) is 3. The number of nitrogens with one attached hydrogen (secondary N) is 1. The minimum Gasteiger partial charge on any atom is -0.497 e. The van der Waals surface area contributed by atoms with Gasteiger partial charge >= 0.3 is 0 Å². The Kier molecular flexibility index (Phi) is 7.19. The second-order valence-electron chi connectivity index (χ2n) is 10.3. The van der Waals surface area contributed by atoms with Crippen LogP contribution in [0.3, 0.4) is 0 Å². The monoisotopic (exact) mass is 530 g/mol. The number of fused-ring (bicyclic) bond motifs is 2. The fourth-order valence-electron chi connectivity index (χ4n) is 5.86. The molecule has 1 atom stereocenters. The Morgan fingerprint density at radius 3 is 2.56 bits per heavy atom. The number of hydrogen-bond acceptors (Lipinski definition) is 8. The highest BCUT2D eigenvalue weighted by Gasteiger charge is 2.32. The second-order valence-corrected chi connectivity index (χ2v) is 10.3. The smallest absolute Gasteiger partial charge is 0.252 e. The SMILES string of the molecule is CC[C@H](c1nnnn1Cc1ccc(OC)cc1)N(Cc1cc2cc3c(cc2[nH]c1=O)OCCO3)C1CCCC1. The Morgan fingerprint density at radius 2 is 1.85 bits per heavy atom. The fraction of sp³-hybridized carbons (Fsp3) is 0.448. The van der Waals surface area contributed by atoms with Crippen molar-refractivity contribution in [3.05, 3.63) is 69.8 Å². The largest absolute Gasteiger partial charge is 0.497 e. The predicted molar refractivity (Wildman–Crippen MR) is 146 cm³/mol. The molecule has 0 spiro atoms. The Hall–Kier alpha value is -3.92. The first-order valence-corrected chi connectivity index (χ1v) is 13.7. The molecule has 2 aromatic carbocycles. The molecule has 10 nitrogen and oxygen atoms in total. The molecule has 1 aliphatic heterocycles. The van der Waals surface area contributed by atoms with Gasteiger partial charge in [0.2, 0.25) is 0 Å². The van der Waals surface area contributed by atoms with E-state index in [9.17, 15) is 4.79 Å². The van der Waals surface area contributed by atoms with Crippen LogP contribution in [0.25, 0.3) is 10.9 Å². The zero-order valence-electron chi connectivity index (χ0n) is 22.4. The van der Waals surface area contributed by atoms with E-state index in [4.69, 9.17) is 14.2 Å². The third kappa shape index (κ3) is 5.21. The number of H-pyrrole nitrogens is 1. The van der Waals surface area contributed by atoms with Gasteiger partial charge in [-0.3, -0.25) is 9.69 Å². The van der Waals surface area contributed by atoms with E-state index in [-0.39, 0.29) is 11.6 Å². The zero-order chi connectivity index (χ0) is 26.8. The maximum Gasteiger partial charge on any atom is 0.252 e. The molecule has 204 valence electrons. The Morgan fingerprint density at radius 1 is 1.10 bits per heavy atom. The molecule has 0 radical (unpaired) electrons. The van der Waals surface area contributed by atoms with E-state index in [1.165, 1.54) is 12.8 Å². The van der Waals surface area contributed by atoms with Crippen molar-refractivity contribution in [1.82, 2.24) is 30.1 Å². The summed E-state index contributed by atoms with van der Waals surface area (Å²) in [6.07, 6.45) is 5.39. The summed E-state index contributed by atoms with van der Waals surface area (Å²) < 4.78 is 18.7. The number of tetrazole rings is 1. The maximum atomic E-state index is 13.3. The van der Waals surface area contributed by atoms with Gasteiger partial charge in [0, 0.05) is 29.6 Å². The van der Waals surface area contributed by atoms with Crippen LogP contribution in [-0.2, 0) is 13.1 Å². The molecule has 1 N–H and O–H groups in total. The van der Waals surface area contributed by atoms with Crippen molar-refractivity contribution in [2.45, 2.75) is 64.2 Å². The number of aromatic amines is 1. The summed E-state index contributed by atoms with van der Waals surface area (Å²) in [5, 5.41) is 13.8. The van der Waals surface area contributed by atoms with Crippen LogP contribution in [0.5, 0.6) is 17.2 Å². The van der Waals surface area contributed by atoms with E-state index in [1.807, 2.05) is 47.1 Å². The molecule has 1 saturated carbocycles. The summed E-state index contributed by atoms with van der Waals surface area (Å²) in [6, 6.07) is 14.1. The first-order valence-electron chi connectivity index (χ1n) is 13.7. The van der Waals surface area contributed by atoms with Gasteiger partial charge in [0.05, 0.1) is 25.2 Å². The van der Waals surface area contributed by atoms with E-state index in [2.05, 4.69) is 32.3 Å². The molecule has 4 aromatic rings. The minimum absolute atomic E-state index is 0.0308. The van der Waals surface area contributed by atoms with E-state index < -0.39 is 0 Å². The standard InChI is InChI=1S/C29H34N6O4/c1-3-25(28-31-32-33-35(28)17-19-8-10-23(37-2)11-9-19)34(22-6-4-5-7-22)18-21-14-20-15-26-27(39-13-12-38-26)16-24(20)30-29(21)36/h8-11,14-16,22,25H,3-7,12-13,17-18H2,1-2H3,(H,30,36)/t25-/m1/s1. The molecular weight excluding hydrogens is 496 g/mol. The molecule has 0 unspecified atom stereocenters. The van der Waals surface area contributed by atoms with Gasteiger partial charge in [-0.2, -0.15) is 0 Å². The van der Waals surface area contributed by atoms with Crippen molar-refractivity contribution < 1.29 is 14.2 Å². The normalized spacial score (nSPS) is 16.2. The fourth-order valence-corrected chi connectivity index (χ4v) is 5.86. The maximum absolute atomic E-state index is 13.3. The summed E-state index contributed by atoms with van der Waals surface area (Å²) in [7, 11) is 1.66. The number of methoxy groups -OCH3 is 1. The topological polar surface area (TPSA) is 107 Å².